The van der Waals surface area contributed by atoms with Gasteiger partial charge in [0.25, 0.3) is 0 Å². The van der Waals surface area contributed by atoms with E-state index in [0.717, 1.165) is 25.1 Å². The lowest BCUT2D eigenvalue weighted by molar-refractivity contribution is 0.112. The maximum Gasteiger partial charge on any atom is 0.150 e. The number of hydrogen-bond donors (Lipinski definition) is 0. The van der Waals surface area contributed by atoms with E-state index in [9.17, 15) is 4.79 Å². The molecule has 26 heavy (non-hydrogen) atoms. The van der Waals surface area contributed by atoms with E-state index in [2.05, 4.69) is 6.92 Å². The summed E-state index contributed by atoms with van der Waals surface area (Å²) < 4.78 is 5.70. The van der Waals surface area contributed by atoms with Crippen molar-refractivity contribution < 1.29 is 9.53 Å². The highest BCUT2D eigenvalue weighted by atomic mass is 16.5. The second-order valence-electron chi connectivity index (χ2n) is 7.49. The summed E-state index contributed by atoms with van der Waals surface area (Å²) in [4.78, 5) is 10.7. The van der Waals surface area contributed by atoms with E-state index in [1.165, 1.54) is 89.9 Å². The van der Waals surface area contributed by atoms with Crippen LogP contribution in [0.25, 0.3) is 0 Å². The Hall–Kier alpha value is -1.31. The van der Waals surface area contributed by atoms with Crippen molar-refractivity contribution in [2.45, 2.75) is 103 Å². The molecule has 1 aromatic rings. The van der Waals surface area contributed by atoms with Gasteiger partial charge in [0, 0.05) is 5.56 Å². The Morgan fingerprint density at radius 3 is 1.73 bits per heavy atom. The van der Waals surface area contributed by atoms with Crippen molar-refractivity contribution >= 4 is 6.29 Å². The third-order valence-corrected chi connectivity index (χ3v) is 5.01. The van der Waals surface area contributed by atoms with Crippen LogP contribution in [0.4, 0.5) is 0 Å². The first-order chi connectivity index (χ1) is 12.9. The Morgan fingerprint density at radius 2 is 1.23 bits per heavy atom. The summed E-state index contributed by atoms with van der Waals surface area (Å²) in [5.41, 5.74) is 0.680. The van der Waals surface area contributed by atoms with Gasteiger partial charge < -0.3 is 4.74 Å². The van der Waals surface area contributed by atoms with Crippen LogP contribution in [0, 0.1) is 0 Å². The van der Waals surface area contributed by atoms with Crippen LogP contribution in [-0.4, -0.2) is 12.9 Å². The summed E-state index contributed by atoms with van der Waals surface area (Å²) >= 11 is 0. The fraction of sp³-hybridized carbons (Fsp3) is 0.708. The van der Waals surface area contributed by atoms with Gasteiger partial charge in [-0.15, -0.1) is 0 Å². The van der Waals surface area contributed by atoms with Crippen molar-refractivity contribution in [3.8, 4) is 5.75 Å². The van der Waals surface area contributed by atoms with Crippen LogP contribution in [-0.2, 0) is 0 Å². The number of carbonyl (C=O) groups excluding carboxylic acids is 1. The molecule has 0 aliphatic rings. The molecule has 0 spiro atoms. The van der Waals surface area contributed by atoms with Crippen LogP contribution in [0.1, 0.15) is 114 Å². The molecule has 0 saturated carbocycles. The molecule has 0 aliphatic heterocycles. The number of unbranched alkanes of at least 4 members (excludes halogenated alkanes) is 14. The SMILES string of the molecule is CCCCCCCCCCCCCCCCCOc1cccc(C=O)c1. The zero-order valence-electron chi connectivity index (χ0n) is 17.0. The number of aldehydes is 1. The fourth-order valence-electron chi connectivity index (χ4n) is 3.34. The van der Waals surface area contributed by atoms with Gasteiger partial charge in [0.2, 0.25) is 0 Å². The lowest BCUT2D eigenvalue weighted by Gasteiger charge is -2.06. The first kappa shape index (κ1) is 22.7. The average Bonchev–Trinajstić information content (AvgIpc) is 2.68. The minimum atomic E-state index is 0.680. The highest BCUT2D eigenvalue weighted by Crippen LogP contribution is 2.15. The van der Waals surface area contributed by atoms with Gasteiger partial charge in [-0.25, -0.2) is 0 Å². The van der Waals surface area contributed by atoms with Gasteiger partial charge in [-0.05, 0) is 18.6 Å². The van der Waals surface area contributed by atoms with Crippen molar-refractivity contribution in [1.29, 1.82) is 0 Å². The molecule has 0 bridgehead atoms. The molecule has 0 heterocycles. The Morgan fingerprint density at radius 1 is 0.731 bits per heavy atom. The number of rotatable bonds is 18. The Balaban J connectivity index is 1.79. The zero-order chi connectivity index (χ0) is 18.7. The summed E-state index contributed by atoms with van der Waals surface area (Å²) in [6, 6.07) is 7.38. The van der Waals surface area contributed by atoms with Gasteiger partial charge in [-0.1, -0.05) is 109 Å². The largest absolute Gasteiger partial charge is 0.494 e. The monoisotopic (exact) mass is 360 g/mol. The molecule has 2 nitrogen and oxygen atoms in total. The molecule has 0 fully saturated rings. The van der Waals surface area contributed by atoms with Crippen molar-refractivity contribution in [1.82, 2.24) is 0 Å². The zero-order valence-corrected chi connectivity index (χ0v) is 17.0. The van der Waals surface area contributed by atoms with E-state index in [1.807, 2.05) is 12.1 Å². The fourth-order valence-corrected chi connectivity index (χ4v) is 3.34. The minimum Gasteiger partial charge on any atom is -0.494 e. The highest BCUT2D eigenvalue weighted by molar-refractivity contribution is 5.75. The summed E-state index contributed by atoms with van der Waals surface area (Å²) in [5, 5.41) is 0. The summed E-state index contributed by atoms with van der Waals surface area (Å²) in [5.74, 6) is 0.806. The van der Waals surface area contributed by atoms with Crippen LogP contribution in [0.3, 0.4) is 0 Å². The van der Waals surface area contributed by atoms with Crippen molar-refractivity contribution in [3.05, 3.63) is 29.8 Å². The van der Waals surface area contributed by atoms with Gasteiger partial charge in [-0.2, -0.15) is 0 Å². The van der Waals surface area contributed by atoms with Gasteiger partial charge in [0.15, 0.2) is 0 Å². The summed E-state index contributed by atoms with van der Waals surface area (Å²) in [6.45, 7) is 3.03. The predicted molar refractivity (Wildman–Crippen MR) is 112 cm³/mol. The maximum atomic E-state index is 10.7. The van der Waals surface area contributed by atoms with Gasteiger partial charge in [0.1, 0.15) is 12.0 Å². The van der Waals surface area contributed by atoms with E-state index < -0.39 is 0 Å². The van der Waals surface area contributed by atoms with E-state index >= 15 is 0 Å². The van der Waals surface area contributed by atoms with Crippen molar-refractivity contribution in [2.75, 3.05) is 6.61 Å². The summed E-state index contributed by atoms with van der Waals surface area (Å²) in [7, 11) is 0. The molecule has 2 heteroatoms. The van der Waals surface area contributed by atoms with E-state index in [4.69, 9.17) is 4.74 Å². The topological polar surface area (TPSA) is 26.3 Å². The quantitative estimate of drug-likeness (QED) is 0.197. The molecule has 0 amide bonds. The van der Waals surface area contributed by atoms with Crippen molar-refractivity contribution in [2.24, 2.45) is 0 Å². The standard InChI is InChI=1S/C24H40O2/c1-2-3-4-5-6-7-8-9-10-11-12-13-14-15-16-20-26-24-19-17-18-23(21-24)22-25/h17-19,21-22H,2-16,20H2,1H3. The molecule has 0 atom stereocenters. The Labute approximate surface area is 161 Å². The van der Waals surface area contributed by atoms with E-state index in [1.54, 1.807) is 12.1 Å². The molecule has 0 aromatic heterocycles. The van der Waals surface area contributed by atoms with Gasteiger partial charge >= 0.3 is 0 Å². The van der Waals surface area contributed by atoms with Crippen LogP contribution >= 0.6 is 0 Å². The van der Waals surface area contributed by atoms with Crippen LogP contribution < -0.4 is 4.74 Å². The maximum absolute atomic E-state index is 10.7. The second-order valence-corrected chi connectivity index (χ2v) is 7.49. The molecule has 1 rings (SSSR count). The van der Waals surface area contributed by atoms with E-state index in [0.29, 0.717) is 5.56 Å². The molecule has 0 radical (unpaired) electrons. The van der Waals surface area contributed by atoms with E-state index in [-0.39, 0.29) is 0 Å². The minimum absolute atomic E-state index is 0.680. The van der Waals surface area contributed by atoms with Crippen LogP contribution in [0.5, 0.6) is 5.75 Å². The molecule has 0 aliphatic carbocycles. The van der Waals surface area contributed by atoms with Crippen molar-refractivity contribution in [3.63, 3.8) is 0 Å². The number of carbonyl (C=O) groups is 1. The highest BCUT2D eigenvalue weighted by Gasteiger charge is 1.97. The first-order valence-corrected chi connectivity index (χ1v) is 11.0. The average molecular weight is 361 g/mol. The molecular weight excluding hydrogens is 320 g/mol. The molecule has 148 valence electrons. The molecular formula is C24H40O2. The third kappa shape index (κ3) is 13.0. The van der Waals surface area contributed by atoms with Gasteiger partial charge in [0.05, 0.1) is 6.61 Å². The predicted octanol–water partition coefficient (Wildman–Crippen LogP) is 7.75. The van der Waals surface area contributed by atoms with Gasteiger partial charge in [-0.3, -0.25) is 4.79 Å². The molecule has 1 aromatic carbocycles. The smallest absolute Gasteiger partial charge is 0.150 e. The Kier molecular flexibility index (Phi) is 15.0. The second kappa shape index (κ2) is 17.1. The van der Waals surface area contributed by atoms with Crippen LogP contribution in [0.2, 0.25) is 0 Å². The lowest BCUT2D eigenvalue weighted by atomic mass is 10.0. The molecule has 0 saturated heterocycles. The number of benzene rings is 1. The Bertz CT molecular complexity index is 442. The normalized spacial score (nSPS) is 10.8. The first-order valence-electron chi connectivity index (χ1n) is 11.0. The summed E-state index contributed by atoms with van der Waals surface area (Å²) in [6.07, 6.45) is 21.5. The number of hydrogen-bond acceptors (Lipinski definition) is 2. The number of ether oxygens (including phenoxy) is 1. The molecule has 0 unspecified atom stereocenters. The lowest BCUT2D eigenvalue weighted by Crippen LogP contribution is -1.97. The van der Waals surface area contributed by atoms with Crippen LogP contribution in [0.15, 0.2) is 24.3 Å². The third-order valence-electron chi connectivity index (χ3n) is 5.01. The molecule has 0 N–H and O–H groups in total.